The molecule has 2 nitrogen and oxygen atoms in total. The van der Waals surface area contributed by atoms with Crippen LogP contribution in [0.3, 0.4) is 0 Å². The number of ether oxygens (including phenoxy) is 1. The molecule has 1 heterocycles. The van der Waals surface area contributed by atoms with Crippen LogP contribution in [0.1, 0.15) is 35.8 Å². The molecule has 0 unspecified atom stereocenters. The minimum Gasteiger partial charge on any atom is -0.466 e. The molecule has 0 spiro atoms. The van der Waals surface area contributed by atoms with Crippen molar-refractivity contribution >= 4 is 33.2 Å². The van der Waals surface area contributed by atoms with Gasteiger partial charge in [-0.2, -0.15) is 0 Å². The van der Waals surface area contributed by atoms with Gasteiger partial charge >= 0.3 is 5.97 Å². The van der Waals surface area contributed by atoms with Gasteiger partial charge in [0.05, 0.1) is 15.8 Å². The number of rotatable bonds is 3. The van der Waals surface area contributed by atoms with Gasteiger partial charge < -0.3 is 4.74 Å². The predicted molar refractivity (Wildman–Crippen MR) is 88.7 cm³/mol. The zero-order chi connectivity index (χ0) is 15.0. The average molecular weight is 365 g/mol. The van der Waals surface area contributed by atoms with E-state index in [0.717, 1.165) is 10.2 Å². The molecular weight excluding hydrogens is 348 g/mol. The minimum absolute atomic E-state index is 0.0651. The summed E-state index contributed by atoms with van der Waals surface area (Å²) in [5, 5.41) is 0. The lowest BCUT2D eigenvalue weighted by Crippen LogP contribution is -2.34. The molecule has 0 N–H and O–H groups in total. The van der Waals surface area contributed by atoms with E-state index in [0.29, 0.717) is 6.61 Å². The Bertz CT molecular complexity index is 665. The van der Waals surface area contributed by atoms with E-state index in [1.165, 1.54) is 16.0 Å². The molecule has 1 aliphatic carbocycles. The first-order chi connectivity index (χ1) is 10.1. The van der Waals surface area contributed by atoms with E-state index in [1.807, 2.05) is 32.0 Å². The van der Waals surface area contributed by atoms with E-state index in [4.69, 9.17) is 4.74 Å². The lowest BCUT2D eigenvalue weighted by molar-refractivity contribution is -0.154. The minimum atomic E-state index is -0.515. The third kappa shape index (κ3) is 2.44. The summed E-state index contributed by atoms with van der Waals surface area (Å²) < 4.78 is 6.49. The summed E-state index contributed by atoms with van der Waals surface area (Å²) in [4.78, 5) is 13.9. The first-order valence-corrected chi connectivity index (χ1v) is 8.67. The van der Waals surface area contributed by atoms with E-state index in [2.05, 4.69) is 34.1 Å². The highest BCUT2D eigenvalue weighted by molar-refractivity contribution is 9.11. The van der Waals surface area contributed by atoms with Crippen molar-refractivity contribution in [1.29, 1.82) is 0 Å². The van der Waals surface area contributed by atoms with Crippen LogP contribution in [0.4, 0.5) is 0 Å². The molecule has 0 amide bonds. The smallest absolute Gasteiger partial charge is 0.313 e. The first kappa shape index (κ1) is 14.8. The van der Waals surface area contributed by atoms with Crippen LogP contribution in [0.15, 0.2) is 40.2 Å². The lowest BCUT2D eigenvalue weighted by Gasteiger charge is -2.30. The highest BCUT2D eigenvalue weighted by atomic mass is 79.9. The molecule has 21 heavy (non-hydrogen) atoms. The van der Waals surface area contributed by atoms with Crippen LogP contribution in [0.5, 0.6) is 0 Å². The van der Waals surface area contributed by atoms with Crippen molar-refractivity contribution < 1.29 is 9.53 Å². The van der Waals surface area contributed by atoms with Crippen molar-refractivity contribution in [2.24, 2.45) is 5.41 Å². The maximum atomic E-state index is 12.6. The van der Waals surface area contributed by atoms with Crippen molar-refractivity contribution in [1.82, 2.24) is 0 Å². The summed E-state index contributed by atoms with van der Waals surface area (Å²) in [5.41, 5.74) is 1.92. The Hall–Kier alpha value is -1.13. The van der Waals surface area contributed by atoms with Crippen molar-refractivity contribution in [2.45, 2.75) is 26.2 Å². The molecule has 110 valence electrons. The van der Waals surface area contributed by atoms with Gasteiger partial charge in [0.25, 0.3) is 0 Å². The molecule has 0 bridgehead atoms. The van der Waals surface area contributed by atoms with Crippen LogP contribution in [-0.4, -0.2) is 12.6 Å². The fraction of sp³-hybridized carbons (Fsp3) is 0.353. The molecule has 0 radical (unpaired) electrons. The standard InChI is InChI=1S/C17H17BrO2S/c1-3-20-16(19)17(2)10-13-12(9-14(18)21-13)15(17)11-7-5-4-6-8-11/h4-9,15H,3,10H2,1-2H3/t15-,17+/m1/s1. The average Bonchev–Trinajstić information content (AvgIpc) is 2.93. The van der Waals surface area contributed by atoms with Gasteiger partial charge in [-0.15, -0.1) is 11.3 Å². The second-order valence-electron chi connectivity index (χ2n) is 5.59. The number of thiophene rings is 1. The Morgan fingerprint density at radius 3 is 2.81 bits per heavy atom. The van der Waals surface area contributed by atoms with Gasteiger partial charge in [0.1, 0.15) is 0 Å². The molecule has 1 aromatic heterocycles. The zero-order valence-electron chi connectivity index (χ0n) is 12.1. The molecule has 0 aliphatic heterocycles. The first-order valence-electron chi connectivity index (χ1n) is 7.06. The Kier molecular flexibility index (Phi) is 3.93. The Balaban J connectivity index is 2.10. The summed E-state index contributed by atoms with van der Waals surface area (Å²) in [6.45, 7) is 4.32. The van der Waals surface area contributed by atoms with E-state index < -0.39 is 5.41 Å². The predicted octanol–water partition coefficient (Wildman–Crippen LogP) is 4.77. The van der Waals surface area contributed by atoms with Crippen LogP contribution in [-0.2, 0) is 16.0 Å². The molecule has 0 fully saturated rings. The largest absolute Gasteiger partial charge is 0.466 e. The third-order valence-corrected chi connectivity index (χ3v) is 5.82. The van der Waals surface area contributed by atoms with Crippen LogP contribution in [0.2, 0.25) is 0 Å². The monoisotopic (exact) mass is 364 g/mol. The number of carbonyl (C=O) groups is 1. The summed E-state index contributed by atoms with van der Waals surface area (Å²) in [7, 11) is 0. The lowest BCUT2D eigenvalue weighted by atomic mass is 9.74. The molecule has 3 rings (SSSR count). The van der Waals surface area contributed by atoms with Crippen LogP contribution >= 0.6 is 27.3 Å². The SMILES string of the molecule is CCOC(=O)[C@@]1(C)Cc2sc(Br)cc2[C@H]1c1ccccc1. The molecule has 0 saturated carbocycles. The number of esters is 1. The molecule has 0 saturated heterocycles. The number of halogens is 1. The van der Waals surface area contributed by atoms with Crippen LogP contribution < -0.4 is 0 Å². The van der Waals surface area contributed by atoms with Gasteiger partial charge in [0.2, 0.25) is 0 Å². The summed E-state index contributed by atoms with van der Waals surface area (Å²) in [6, 6.07) is 12.4. The second-order valence-corrected chi connectivity index (χ2v) is 8.10. The van der Waals surface area contributed by atoms with Gasteiger partial charge in [0.15, 0.2) is 0 Å². The summed E-state index contributed by atoms with van der Waals surface area (Å²) in [5.74, 6) is -0.0336. The topological polar surface area (TPSA) is 26.3 Å². The van der Waals surface area contributed by atoms with E-state index >= 15 is 0 Å². The van der Waals surface area contributed by atoms with Crippen LogP contribution in [0, 0.1) is 5.41 Å². The Labute approximate surface area is 137 Å². The van der Waals surface area contributed by atoms with Gasteiger partial charge in [-0.3, -0.25) is 4.79 Å². The maximum Gasteiger partial charge on any atom is 0.313 e. The summed E-state index contributed by atoms with van der Waals surface area (Å²) in [6.07, 6.45) is 0.747. The van der Waals surface area contributed by atoms with Crippen molar-refractivity contribution in [3.8, 4) is 0 Å². The second kappa shape index (κ2) is 5.58. The van der Waals surface area contributed by atoms with Gasteiger partial charge in [0, 0.05) is 10.8 Å². The fourth-order valence-electron chi connectivity index (χ4n) is 3.25. The maximum absolute atomic E-state index is 12.6. The van der Waals surface area contributed by atoms with Gasteiger partial charge in [-0.1, -0.05) is 30.3 Å². The van der Waals surface area contributed by atoms with Crippen molar-refractivity contribution in [3.63, 3.8) is 0 Å². The number of carbonyl (C=O) groups excluding carboxylic acids is 1. The van der Waals surface area contributed by atoms with E-state index in [-0.39, 0.29) is 11.9 Å². The Morgan fingerprint density at radius 1 is 1.43 bits per heavy atom. The highest BCUT2D eigenvalue weighted by Gasteiger charge is 2.50. The van der Waals surface area contributed by atoms with Gasteiger partial charge in [-0.25, -0.2) is 0 Å². The quantitative estimate of drug-likeness (QED) is 0.733. The normalized spacial score (nSPS) is 23.9. The number of fused-ring (bicyclic) bond motifs is 1. The van der Waals surface area contributed by atoms with Gasteiger partial charge in [-0.05, 0) is 53.4 Å². The highest BCUT2D eigenvalue weighted by Crippen LogP contribution is 2.54. The van der Waals surface area contributed by atoms with Crippen molar-refractivity contribution in [3.05, 3.63) is 56.2 Å². The molecule has 1 aromatic carbocycles. The molecule has 4 heteroatoms. The Morgan fingerprint density at radius 2 is 2.14 bits per heavy atom. The summed E-state index contributed by atoms with van der Waals surface area (Å²) >= 11 is 5.29. The van der Waals surface area contributed by atoms with E-state index in [1.54, 1.807) is 11.3 Å². The van der Waals surface area contributed by atoms with E-state index in [9.17, 15) is 4.79 Å². The number of benzene rings is 1. The van der Waals surface area contributed by atoms with Crippen LogP contribution in [0.25, 0.3) is 0 Å². The number of hydrogen-bond donors (Lipinski definition) is 0. The number of hydrogen-bond acceptors (Lipinski definition) is 3. The zero-order valence-corrected chi connectivity index (χ0v) is 14.5. The molecular formula is C17H17BrO2S. The third-order valence-electron chi connectivity index (χ3n) is 4.16. The van der Waals surface area contributed by atoms with Crippen molar-refractivity contribution in [2.75, 3.05) is 6.61 Å². The molecule has 1 aliphatic rings. The fourth-order valence-corrected chi connectivity index (χ4v) is 5.17. The molecule has 2 atom stereocenters. The molecule has 2 aromatic rings.